The van der Waals surface area contributed by atoms with E-state index in [1.165, 1.54) is 0 Å². The molecule has 0 spiro atoms. The van der Waals surface area contributed by atoms with Crippen LogP contribution < -0.4 is 4.74 Å². The fraction of sp³-hybridized carbons (Fsp3) is 0.529. The van der Waals surface area contributed by atoms with E-state index < -0.39 is 12.1 Å². The minimum atomic E-state index is -0.813. The largest absolute Gasteiger partial charge is 0.481 e. The number of hydrogen-bond acceptors (Lipinski definition) is 3. The summed E-state index contributed by atoms with van der Waals surface area (Å²) in [6, 6.07) is 9.28. The van der Waals surface area contributed by atoms with Crippen LogP contribution in [0.3, 0.4) is 0 Å². The summed E-state index contributed by atoms with van der Waals surface area (Å²) in [4.78, 5) is 25.2. The van der Waals surface area contributed by atoms with E-state index >= 15 is 0 Å². The number of hydrogen-bond donors (Lipinski definition) is 1. The number of rotatable bonds is 6. The van der Waals surface area contributed by atoms with Crippen LogP contribution in [0.25, 0.3) is 0 Å². The molecule has 22 heavy (non-hydrogen) atoms. The van der Waals surface area contributed by atoms with Gasteiger partial charge < -0.3 is 14.7 Å². The number of para-hydroxylation sites is 1. The molecule has 0 saturated carbocycles. The molecule has 2 atom stereocenters. The minimum absolute atomic E-state index is 0.0131. The number of carbonyl (C=O) groups is 2. The predicted molar refractivity (Wildman–Crippen MR) is 82.8 cm³/mol. The number of nitrogens with zero attached hydrogens (tertiary/aromatic N) is 1. The highest BCUT2D eigenvalue weighted by Crippen LogP contribution is 2.23. The monoisotopic (exact) mass is 305 g/mol. The molecule has 0 radical (unpaired) electrons. The second kappa shape index (κ2) is 7.82. The van der Waals surface area contributed by atoms with Crippen molar-refractivity contribution in [2.24, 2.45) is 0 Å². The van der Waals surface area contributed by atoms with Gasteiger partial charge in [-0.3, -0.25) is 9.59 Å². The predicted octanol–water partition coefficient (Wildman–Crippen LogP) is 2.70. The summed E-state index contributed by atoms with van der Waals surface area (Å²) < 4.78 is 5.70. The Morgan fingerprint density at radius 3 is 2.73 bits per heavy atom. The lowest BCUT2D eigenvalue weighted by Crippen LogP contribution is -2.49. The number of benzene rings is 1. The van der Waals surface area contributed by atoms with E-state index in [9.17, 15) is 9.59 Å². The Kier molecular flexibility index (Phi) is 5.81. The van der Waals surface area contributed by atoms with Gasteiger partial charge in [0, 0.05) is 19.0 Å². The molecule has 1 aromatic rings. The van der Waals surface area contributed by atoms with Crippen molar-refractivity contribution in [1.82, 2.24) is 4.90 Å². The third-order valence-corrected chi connectivity index (χ3v) is 4.01. The zero-order valence-electron chi connectivity index (χ0n) is 12.9. The molecular formula is C17H23NO4. The highest BCUT2D eigenvalue weighted by Gasteiger charge is 2.30. The van der Waals surface area contributed by atoms with Gasteiger partial charge in [-0.05, 0) is 44.7 Å². The molecule has 1 N–H and O–H groups in total. The first-order chi connectivity index (χ1) is 10.6. The van der Waals surface area contributed by atoms with Crippen LogP contribution in [0.4, 0.5) is 0 Å². The standard InChI is InChI=1S/C17H23NO4/c1-13(22-15-8-3-2-4-9-15)17(21)18-12-6-5-7-14(18)10-11-16(19)20/h2-4,8-9,13-14H,5-7,10-12H2,1H3,(H,19,20)/t13-,14-/m1/s1. The number of carboxylic acids is 1. The summed E-state index contributed by atoms with van der Waals surface area (Å²) in [6.07, 6.45) is 2.93. The van der Waals surface area contributed by atoms with Crippen LogP contribution in [0.1, 0.15) is 39.0 Å². The van der Waals surface area contributed by atoms with E-state index in [4.69, 9.17) is 9.84 Å². The van der Waals surface area contributed by atoms with Gasteiger partial charge in [0.05, 0.1) is 0 Å². The summed E-state index contributed by atoms with van der Waals surface area (Å²) in [7, 11) is 0. The second-order valence-corrected chi connectivity index (χ2v) is 5.69. The molecule has 1 aromatic carbocycles. The molecular weight excluding hydrogens is 282 g/mol. The molecule has 0 bridgehead atoms. The second-order valence-electron chi connectivity index (χ2n) is 5.69. The van der Waals surface area contributed by atoms with Crippen LogP contribution in [0.15, 0.2) is 30.3 Å². The maximum Gasteiger partial charge on any atom is 0.303 e. The van der Waals surface area contributed by atoms with Gasteiger partial charge in [-0.1, -0.05) is 18.2 Å². The highest BCUT2D eigenvalue weighted by atomic mass is 16.5. The number of ether oxygens (including phenoxy) is 1. The first-order valence-electron chi connectivity index (χ1n) is 7.82. The summed E-state index contributed by atoms with van der Waals surface area (Å²) in [6.45, 7) is 2.43. The maximum atomic E-state index is 12.6. The molecule has 1 aliphatic heterocycles. The fourth-order valence-corrected chi connectivity index (χ4v) is 2.87. The summed E-state index contributed by atoms with van der Waals surface area (Å²) in [5, 5.41) is 8.84. The number of amides is 1. The fourth-order valence-electron chi connectivity index (χ4n) is 2.87. The van der Waals surface area contributed by atoms with Crippen molar-refractivity contribution in [3.05, 3.63) is 30.3 Å². The Morgan fingerprint density at radius 2 is 2.05 bits per heavy atom. The number of aliphatic carboxylic acids is 1. The normalized spacial score (nSPS) is 19.5. The SMILES string of the molecule is C[C@@H](Oc1ccccc1)C(=O)N1CCCC[C@@H]1CCC(=O)O. The number of piperidine rings is 1. The third-order valence-electron chi connectivity index (χ3n) is 4.01. The Morgan fingerprint density at radius 1 is 1.32 bits per heavy atom. The minimum Gasteiger partial charge on any atom is -0.481 e. The molecule has 1 heterocycles. The lowest BCUT2D eigenvalue weighted by molar-refractivity contribution is -0.144. The third kappa shape index (κ3) is 4.48. The van der Waals surface area contributed by atoms with Crippen LogP contribution in [0, 0.1) is 0 Å². The molecule has 5 heteroatoms. The van der Waals surface area contributed by atoms with E-state index in [-0.39, 0.29) is 18.4 Å². The van der Waals surface area contributed by atoms with E-state index in [1.54, 1.807) is 11.8 Å². The van der Waals surface area contributed by atoms with Crippen molar-refractivity contribution in [3.63, 3.8) is 0 Å². The van der Waals surface area contributed by atoms with Crippen molar-refractivity contribution >= 4 is 11.9 Å². The molecule has 120 valence electrons. The molecule has 0 unspecified atom stereocenters. The topological polar surface area (TPSA) is 66.8 Å². The van der Waals surface area contributed by atoms with E-state index in [0.29, 0.717) is 18.7 Å². The van der Waals surface area contributed by atoms with E-state index in [0.717, 1.165) is 19.3 Å². The van der Waals surface area contributed by atoms with Crippen LogP contribution in [-0.4, -0.2) is 40.6 Å². The molecule has 0 aliphatic carbocycles. The Hall–Kier alpha value is -2.04. The molecule has 0 aromatic heterocycles. The zero-order chi connectivity index (χ0) is 15.9. The Labute approximate surface area is 130 Å². The molecule has 1 saturated heterocycles. The van der Waals surface area contributed by atoms with E-state index in [1.807, 2.05) is 30.3 Å². The van der Waals surface area contributed by atoms with Gasteiger partial charge in [0.1, 0.15) is 5.75 Å². The van der Waals surface area contributed by atoms with Crippen molar-refractivity contribution < 1.29 is 19.4 Å². The number of carbonyl (C=O) groups excluding carboxylic acids is 1. The van der Waals surface area contributed by atoms with Crippen molar-refractivity contribution in [2.75, 3.05) is 6.54 Å². The highest BCUT2D eigenvalue weighted by molar-refractivity contribution is 5.81. The van der Waals surface area contributed by atoms with Gasteiger partial charge in [-0.2, -0.15) is 0 Å². The average Bonchev–Trinajstić information content (AvgIpc) is 2.53. The first kappa shape index (κ1) is 16.3. The van der Waals surface area contributed by atoms with Gasteiger partial charge in [0.15, 0.2) is 6.10 Å². The van der Waals surface area contributed by atoms with Gasteiger partial charge in [0.2, 0.25) is 0 Å². The summed E-state index contributed by atoms with van der Waals surface area (Å²) in [5.74, 6) is -0.201. The van der Waals surface area contributed by atoms with Crippen molar-refractivity contribution in [2.45, 2.75) is 51.2 Å². The zero-order valence-corrected chi connectivity index (χ0v) is 12.9. The molecule has 1 fully saturated rings. The van der Waals surface area contributed by atoms with Gasteiger partial charge in [-0.25, -0.2) is 0 Å². The van der Waals surface area contributed by atoms with Gasteiger partial charge in [0.25, 0.3) is 5.91 Å². The molecule has 1 aliphatic rings. The van der Waals surface area contributed by atoms with Crippen LogP contribution in [0.5, 0.6) is 5.75 Å². The lowest BCUT2D eigenvalue weighted by atomic mass is 9.97. The summed E-state index contributed by atoms with van der Waals surface area (Å²) in [5.41, 5.74) is 0. The smallest absolute Gasteiger partial charge is 0.303 e. The van der Waals surface area contributed by atoms with Crippen molar-refractivity contribution in [1.29, 1.82) is 0 Å². The number of likely N-dealkylation sites (tertiary alicyclic amines) is 1. The Bertz CT molecular complexity index is 503. The number of carboxylic acid groups (broad SMARTS) is 1. The lowest BCUT2D eigenvalue weighted by Gasteiger charge is -2.37. The van der Waals surface area contributed by atoms with Crippen LogP contribution in [0.2, 0.25) is 0 Å². The molecule has 5 nitrogen and oxygen atoms in total. The summed E-state index contributed by atoms with van der Waals surface area (Å²) >= 11 is 0. The van der Waals surface area contributed by atoms with Crippen LogP contribution in [-0.2, 0) is 9.59 Å². The average molecular weight is 305 g/mol. The van der Waals surface area contributed by atoms with E-state index in [2.05, 4.69) is 0 Å². The van der Waals surface area contributed by atoms with Crippen molar-refractivity contribution in [3.8, 4) is 5.75 Å². The first-order valence-corrected chi connectivity index (χ1v) is 7.82. The van der Waals surface area contributed by atoms with Gasteiger partial charge in [-0.15, -0.1) is 0 Å². The quantitative estimate of drug-likeness (QED) is 0.877. The molecule has 1 amide bonds. The molecule has 2 rings (SSSR count). The Balaban J connectivity index is 1.97. The van der Waals surface area contributed by atoms with Crippen LogP contribution >= 0.6 is 0 Å². The van der Waals surface area contributed by atoms with Gasteiger partial charge >= 0.3 is 5.97 Å². The maximum absolute atomic E-state index is 12.6.